The number of hydrogen-bond donors (Lipinski definition) is 4. The number of phosphoric acid groups is 1. The summed E-state index contributed by atoms with van der Waals surface area (Å²) in [5.41, 5.74) is 0.599. The van der Waals surface area contributed by atoms with E-state index in [4.69, 9.17) is 18.9 Å². The fraction of sp³-hybridized carbons (Fsp3) is 0.914. The standard InChI is InChI=1S/C35H59O9P/c1-7-22(20(2)3)9-8-21(4)26-12-13-27-25-11-10-23-18-24(14-16-34(23,5)28(25)15-17-35(26,27)6)43-45(40,41)44-32-30(38)31(29(37)19-36)42-33(32)39/h20-29,31,36-38H,7-19H2,1-6H3,(H,40,41)/t21?,22-,23+,24+,25+,26-,27+,28+,29+,31-,34+,35-/m1/s1. The number of carbonyl (C=O) groups excluding carboxylic acids is 1. The molecule has 0 aromatic carbocycles. The number of hydrogen-bond acceptors (Lipinski definition) is 8. The Morgan fingerprint density at radius 1 is 1.00 bits per heavy atom. The molecule has 5 aliphatic rings. The lowest BCUT2D eigenvalue weighted by Gasteiger charge is -2.61. The molecule has 2 unspecified atom stereocenters. The van der Waals surface area contributed by atoms with Crippen LogP contribution >= 0.6 is 7.82 Å². The number of esters is 1. The van der Waals surface area contributed by atoms with Gasteiger partial charge in [-0.25, -0.2) is 9.36 Å². The average molecular weight is 655 g/mol. The van der Waals surface area contributed by atoms with E-state index in [1.54, 1.807) is 0 Å². The minimum Gasteiger partial charge on any atom is -0.505 e. The Hall–Kier alpha value is -1.12. The van der Waals surface area contributed by atoms with Crippen molar-refractivity contribution in [3.8, 4) is 0 Å². The van der Waals surface area contributed by atoms with Crippen LogP contribution in [0.15, 0.2) is 11.5 Å². The molecule has 0 radical (unpaired) electrons. The van der Waals surface area contributed by atoms with Crippen molar-refractivity contribution in [2.75, 3.05) is 6.61 Å². The Morgan fingerprint density at radius 2 is 1.69 bits per heavy atom. The van der Waals surface area contributed by atoms with Crippen molar-refractivity contribution >= 4 is 13.8 Å². The highest BCUT2D eigenvalue weighted by atomic mass is 31.2. The molecule has 1 aliphatic heterocycles. The summed E-state index contributed by atoms with van der Waals surface area (Å²) in [5, 5.41) is 29.1. The van der Waals surface area contributed by atoms with Crippen molar-refractivity contribution in [1.29, 1.82) is 0 Å². The molecule has 45 heavy (non-hydrogen) atoms. The molecule has 10 heteroatoms. The van der Waals surface area contributed by atoms with Crippen molar-refractivity contribution in [2.45, 2.75) is 137 Å². The number of aliphatic hydroxyl groups excluding tert-OH is 3. The molecule has 4 saturated carbocycles. The van der Waals surface area contributed by atoms with E-state index in [-0.39, 0.29) is 5.41 Å². The number of fused-ring (bicyclic) bond motifs is 5. The van der Waals surface area contributed by atoms with E-state index in [0.29, 0.717) is 30.1 Å². The fourth-order valence-corrected chi connectivity index (χ4v) is 12.2. The summed E-state index contributed by atoms with van der Waals surface area (Å²) in [7, 11) is -4.77. The van der Waals surface area contributed by atoms with Gasteiger partial charge in [-0.3, -0.25) is 9.42 Å². The van der Waals surface area contributed by atoms with Crippen molar-refractivity contribution in [3.63, 3.8) is 0 Å². The predicted molar refractivity (Wildman–Crippen MR) is 171 cm³/mol. The minimum absolute atomic E-state index is 0.170. The molecule has 4 aliphatic carbocycles. The maximum atomic E-state index is 13.0. The molecule has 0 amide bonds. The summed E-state index contributed by atoms with van der Waals surface area (Å²) in [5.74, 6) is 2.87. The van der Waals surface area contributed by atoms with Gasteiger partial charge in [0.05, 0.1) is 12.7 Å². The van der Waals surface area contributed by atoms with Gasteiger partial charge in [-0.15, -0.1) is 0 Å². The summed E-state index contributed by atoms with van der Waals surface area (Å²) >= 11 is 0. The van der Waals surface area contributed by atoms with E-state index in [0.717, 1.165) is 48.3 Å². The summed E-state index contributed by atoms with van der Waals surface area (Å²) < 4.78 is 28.4. The van der Waals surface area contributed by atoms with Gasteiger partial charge in [-0.05, 0) is 122 Å². The molecular formula is C35H59O9P. The predicted octanol–water partition coefficient (Wildman–Crippen LogP) is 7.29. The Labute approximate surface area is 270 Å². The molecule has 1 heterocycles. The van der Waals surface area contributed by atoms with Crippen LogP contribution in [0.4, 0.5) is 0 Å². The zero-order valence-electron chi connectivity index (χ0n) is 28.3. The second kappa shape index (κ2) is 13.4. The van der Waals surface area contributed by atoms with Gasteiger partial charge in [0.1, 0.15) is 6.10 Å². The normalized spacial score (nSPS) is 41.5. The molecule has 4 N–H and O–H groups in total. The van der Waals surface area contributed by atoms with E-state index in [1.807, 2.05) is 0 Å². The largest absolute Gasteiger partial charge is 0.528 e. The molecule has 258 valence electrons. The van der Waals surface area contributed by atoms with Crippen LogP contribution in [0.5, 0.6) is 0 Å². The Balaban J connectivity index is 1.20. The highest BCUT2D eigenvalue weighted by Gasteiger charge is 2.61. The maximum Gasteiger partial charge on any atom is 0.528 e. The van der Waals surface area contributed by atoms with Crippen LogP contribution in [0.2, 0.25) is 0 Å². The van der Waals surface area contributed by atoms with Crippen molar-refractivity contribution in [2.24, 2.45) is 58.2 Å². The van der Waals surface area contributed by atoms with Gasteiger partial charge in [-0.2, -0.15) is 0 Å². The number of ether oxygens (including phenoxy) is 1. The second-order valence-corrected chi connectivity index (χ2v) is 17.5. The number of rotatable bonds is 12. The van der Waals surface area contributed by atoms with E-state index in [2.05, 4.69) is 41.5 Å². The molecule has 0 spiro atoms. The maximum absolute atomic E-state index is 13.0. The highest BCUT2D eigenvalue weighted by Crippen LogP contribution is 2.69. The van der Waals surface area contributed by atoms with Crippen molar-refractivity contribution in [3.05, 3.63) is 11.5 Å². The third-order valence-corrected chi connectivity index (χ3v) is 14.8. The molecule has 4 fully saturated rings. The van der Waals surface area contributed by atoms with E-state index >= 15 is 0 Å². The van der Waals surface area contributed by atoms with Gasteiger partial charge in [0, 0.05) is 0 Å². The van der Waals surface area contributed by atoms with Gasteiger partial charge >= 0.3 is 13.8 Å². The monoisotopic (exact) mass is 654 g/mol. The van der Waals surface area contributed by atoms with Gasteiger partial charge < -0.3 is 24.6 Å². The first-order valence-electron chi connectivity index (χ1n) is 17.8. The summed E-state index contributed by atoms with van der Waals surface area (Å²) in [6.45, 7) is 13.9. The lowest BCUT2D eigenvalue weighted by atomic mass is 9.44. The molecule has 13 atom stereocenters. The van der Waals surface area contributed by atoms with Crippen LogP contribution in [0.25, 0.3) is 0 Å². The first-order chi connectivity index (χ1) is 21.1. The lowest BCUT2D eigenvalue weighted by Crippen LogP contribution is -2.54. The quantitative estimate of drug-likeness (QED) is 0.126. The summed E-state index contributed by atoms with van der Waals surface area (Å²) in [6.07, 6.45) is 10.1. The van der Waals surface area contributed by atoms with Crippen molar-refractivity contribution < 1.29 is 43.4 Å². The average Bonchev–Trinajstić information content (AvgIpc) is 3.48. The van der Waals surface area contributed by atoms with Crippen LogP contribution in [-0.2, 0) is 23.1 Å². The SMILES string of the molecule is CC[C@H](CCC(C)[C@H]1CC[C@H]2[C@@H]3CC[C@H]4C[C@@H](OP(=O)(O)OC5=C(O)[C@@H]([C@@H](O)CO)OC5=O)CC[C@]4(C)[C@H]3CC[C@]12C)C(C)C. The summed E-state index contributed by atoms with van der Waals surface area (Å²) in [6, 6.07) is 0. The molecule has 0 saturated heterocycles. The zero-order valence-corrected chi connectivity index (χ0v) is 29.2. The molecule has 0 aromatic heterocycles. The van der Waals surface area contributed by atoms with Gasteiger partial charge in [0.25, 0.3) is 5.76 Å². The van der Waals surface area contributed by atoms with E-state index in [1.165, 1.54) is 51.4 Å². The topological polar surface area (TPSA) is 143 Å². The second-order valence-electron chi connectivity index (χ2n) is 16.2. The fourth-order valence-electron chi connectivity index (χ4n) is 11.2. The van der Waals surface area contributed by atoms with Crippen LogP contribution in [0.3, 0.4) is 0 Å². The third kappa shape index (κ3) is 6.64. The number of cyclic esters (lactones) is 1. The molecule has 9 nitrogen and oxygen atoms in total. The number of phosphoric ester groups is 1. The van der Waals surface area contributed by atoms with Crippen LogP contribution in [0.1, 0.15) is 119 Å². The first kappa shape index (κ1) is 35.2. The van der Waals surface area contributed by atoms with Crippen LogP contribution in [0, 0.1) is 58.2 Å². The lowest BCUT2D eigenvalue weighted by molar-refractivity contribution is -0.147. The number of carbonyl (C=O) groups is 1. The molecule has 0 aromatic rings. The summed E-state index contributed by atoms with van der Waals surface area (Å²) in [4.78, 5) is 22.7. The van der Waals surface area contributed by atoms with Gasteiger partial charge in [-0.1, -0.05) is 54.4 Å². The highest BCUT2D eigenvalue weighted by molar-refractivity contribution is 7.47. The third-order valence-electron chi connectivity index (χ3n) is 13.8. The van der Waals surface area contributed by atoms with E-state index < -0.39 is 50.2 Å². The van der Waals surface area contributed by atoms with Gasteiger partial charge in [0.2, 0.25) is 0 Å². The van der Waals surface area contributed by atoms with Crippen LogP contribution in [-0.4, -0.2) is 51.1 Å². The Kier molecular flexibility index (Phi) is 10.5. The number of aliphatic hydroxyl groups is 3. The molecule has 0 bridgehead atoms. The van der Waals surface area contributed by atoms with Crippen LogP contribution < -0.4 is 0 Å². The van der Waals surface area contributed by atoms with E-state index in [9.17, 15) is 24.5 Å². The van der Waals surface area contributed by atoms with Crippen molar-refractivity contribution in [1.82, 2.24) is 0 Å². The smallest absolute Gasteiger partial charge is 0.505 e. The van der Waals surface area contributed by atoms with Gasteiger partial charge in [0.15, 0.2) is 11.9 Å². The zero-order chi connectivity index (χ0) is 32.9. The Morgan fingerprint density at radius 3 is 2.36 bits per heavy atom. The first-order valence-corrected chi connectivity index (χ1v) is 19.3. The minimum atomic E-state index is -4.77. The molecular weight excluding hydrogens is 595 g/mol. The molecule has 5 rings (SSSR count). The Bertz CT molecular complexity index is 1160.